The Labute approximate surface area is 106 Å². The summed E-state index contributed by atoms with van der Waals surface area (Å²) in [5.41, 5.74) is -0.172. The van der Waals surface area contributed by atoms with Crippen LogP contribution in [0.5, 0.6) is 0 Å². The average Bonchev–Trinajstić information content (AvgIpc) is 2.30. The van der Waals surface area contributed by atoms with Crippen molar-refractivity contribution in [1.82, 2.24) is 4.90 Å². The Morgan fingerprint density at radius 3 is 2.82 bits per heavy atom. The molecule has 0 aromatic rings. The molecular weight excluding hydrogens is 212 g/mol. The van der Waals surface area contributed by atoms with Gasteiger partial charge in [0.15, 0.2) is 0 Å². The van der Waals surface area contributed by atoms with Crippen molar-refractivity contribution in [1.29, 1.82) is 5.26 Å². The van der Waals surface area contributed by atoms with Crippen molar-refractivity contribution in [2.75, 3.05) is 33.4 Å². The maximum absolute atomic E-state index is 8.94. The maximum atomic E-state index is 8.94. The third kappa shape index (κ3) is 6.05. The van der Waals surface area contributed by atoms with Gasteiger partial charge in [-0.05, 0) is 59.0 Å². The molecule has 0 N–H and O–H groups in total. The van der Waals surface area contributed by atoms with E-state index in [1.165, 1.54) is 12.8 Å². The fraction of sp³-hybridized carbons (Fsp3) is 0.929. The third-order valence-corrected chi connectivity index (χ3v) is 3.47. The highest BCUT2D eigenvalue weighted by atomic mass is 16.5. The van der Waals surface area contributed by atoms with E-state index < -0.39 is 0 Å². The van der Waals surface area contributed by atoms with E-state index in [0.717, 1.165) is 39.1 Å². The van der Waals surface area contributed by atoms with Crippen LogP contribution in [0.4, 0.5) is 0 Å². The molecule has 0 aromatic carbocycles. The summed E-state index contributed by atoms with van der Waals surface area (Å²) in [5, 5.41) is 8.94. The van der Waals surface area contributed by atoms with Gasteiger partial charge in [-0.15, -0.1) is 0 Å². The van der Waals surface area contributed by atoms with Crippen molar-refractivity contribution in [3.63, 3.8) is 0 Å². The van der Waals surface area contributed by atoms with E-state index in [4.69, 9.17) is 10.00 Å². The fourth-order valence-electron chi connectivity index (χ4n) is 2.33. The number of rotatable bonds is 6. The first-order chi connectivity index (χ1) is 8.03. The third-order valence-electron chi connectivity index (χ3n) is 3.47. The number of hydrogen-bond acceptors (Lipinski definition) is 3. The van der Waals surface area contributed by atoms with Crippen LogP contribution < -0.4 is 0 Å². The Bertz CT molecular complexity index is 251. The zero-order valence-corrected chi connectivity index (χ0v) is 11.5. The lowest BCUT2D eigenvalue weighted by Crippen LogP contribution is -2.31. The van der Waals surface area contributed by atoms with Gasteiger partial charge in [-0.25, -0.2) is 0 Å². The molecule has 1 fully saturated rings. The summed E-state index contributed by atoms with van der Waals surface area (Å²) in [6, 6.07) is 2.36. The van der Waals surface area contributed by atoms with Gasteiger partial charge in [-0.3, -0.25) is 0 Å². The smallest absolute Gasteiger partial charge is 0.0683 e. The zero-order chi connectivity index (χ0) is 12.7. The van der Waals surface area contributed by atoms with Gasteiger partial charge in [0.05, 0.1) is 18.1 Å². The van der Waals surface area contributed by atoms with Gasteiger partial charge in [0.2, 0.25) is 0 Å². The van der Waals surface area contributed by atoms with Gasteiger partial charge in [-0.1, -0.05) is 0 Å². The Hall–Kier alpha value is -0.590. The highest BCUT2D eigenvalue weighted by molar-refractivity contribution is 4.91. The van der Waals surface area contributed by atoms with Gasteiger partial charge in [0.25, 0.3) is 0 Å². The molecule has 0 aliphatic carbocycles. The van der Waals surface area contributed by atoms with Crippen LogP contribution in [0.2, 0.25) is 0 Å². The molecule has 0 aromatic heterocycles. The van der Waals surface area contributed by atoms with E-state index in [-0.39, 0.29) is 5.41 Å². The quantitative estimate of drug-likeness (QED) is 0.714. The number of nitriles is 1. The van der Waals surface area contributed by atoms with Gasteiger partial charge in [-0.2, -0.15) is 5.26 Å². The van der Waals surface area contributed by atoms with E-state index in [9.17, 15) is 0 Å². The van der Waals surface area contributed by atoms with E-state index in [0.29, 0.717) is 5.92 Å². The van der Waals surface area contributed by atoms with Crippen LogP contribution >= 0.6 is 0 Å². The van der Waals surface area contributed by atoms with Crippen LogP contribution in [0.3, 0.4) is 0 Å². The van der Waals surface area contributed by atoms with Crippen LogP contribution in [-0.4, -0.2) is 38.3 Å². The summed E-state index contributed by atoms with van der Waals surface area (Å²) >= 11 is 0. The van der Waals surface area contributed by atoms with Crippen LogP contribution in [0.1, 0.15) is 39.5 Å². The second-order valence-electron chi connectivity index (χ2n) is 5.94. The summed E-state index contributed by atoms with van der Waals surface area (Å²) in [6.45, 7) is 8.11. The van der Waals surface area contributed by atoms with E-state index in [2.05, 4.69) is 18.0 Å². The predicted octanol–water partition coefficient (Wildman–Crippen LogP) is 2.67. The van der Waals surface area contributed by atoms with Crippen molar-refractivity contribution < 1.29 is 4.74 Å². The lowest BCUT2D eigenvalue weighted by atomic mass is 9.90. The minimum Gasteiger partial charge on any atom is -0.381 e. The molecule has 0 spiro atoms. The van der Waals surface area contributed by atoms with Crippen LogP contribution in [-0.2, 0) is 4.74 Å². The minimum atomic E-state index is -0.172. The summed E-state index contributed by atoms with van der Waals surface area (Å²) in [7, 11) is 2.17. The van der Waals surface area contributed by atoms with Crippen molar-refractivity contribution >= 4 is 0 Å². The minimum absolute atomic E-state index is 0.172. The summed E-state index contributed by atoms with van der Waals surface area (Å²) in [6.07, 6.45) is 4.59. The maximum Gasteiger partial charge on any atom is 0.0683 e. The van der Waals surface area contributed by atoms with Crippen LogP contribution in [0, 0.1) is 22.7 Å². The molecule has 0 amide bonds. The molecule has 0 saturated carbocycles. The van der Waals surface area contributed by atoms with Crippen molar-refractivity contribution in [2.45, 2.75) is 39.5 Å². The molecule has 1 heterocycles. The van der Waals surface area contributed by atoms with Crippen LogP contribution in [0.15, 0.2) is 0 Å². The van der Waals surface area contributed by atoms with Gasteiger partial charge < -0.3 is 9.64 Å². The Balaban J connectivity index is 2.12. The van der Waals surface area contributed by atoms with Gasteiger partial charge >= 0.3 is 0 Å². The van der Waals surface area contributed by atoms with Gasteiger partial charge in [0, 0.05) is 13.2 Å². The lowest BCUT2D eigenvalue weighted by Gasteiger charge is -2.27. The molecule has 1 aliphatic rings. The highest BCUT2D eigenvalue weighted by Gasteiger charge is 2.18. The Kier molecular flexibility index (Phi) is 5.94. The highest BCUT2D eigenvalue weighted by Crippen LogP contribution is 2.21. The SMILES string of the molecule is CN(CCCC(C)(C)C#N)CC1CCCOC1. The molecule has 1 atom stereocenters. The first-order valence-electron chi connectivity index (χ1n) is 6.71. The largest absolute Gasteiger partial charge is 0.381 e. The topological polar surface area (TPSA) is 36.3 Å². The molecule has 1 rings (SSSR count). The summed E-state index contributed by atoms with van der Waals surface area (Å²) in [5.74, 6) is 0.706. The average molecular weight is 238 g/mol. The molecular formula is C14H26N2O. The molecule has 0 radical (unpaired) electrons. The Morgan fingerprint density at radius 1 is 1.47 bits per heavy atom. The second kappa shape index (κ2) is 6.98. The Morgan fingerprint density at radius 2 is 2.24 bits per heavy atom. The number of ether oxygens (including phenoxy) is 1. The fourth-order valence-corrected chi connectivity index (χ4v) is 2.33. The molecule has 98 valence electrons. The molecule has 0 bridgehead atoms. The van der Waals surface area contributed by atoms with E-state index in [1.54, 1.807) is 0 Å². The van der Waals surface area contributed by atoms with Gasteiger partial charge in [0.1, 0.15) is 0 Å². The molecule has 17 heavy (non-hydrogen) atoms. The standard InChI is InChI=1S/C14H26N2O/c1-14(2,12-15)7-5-8-16(3)10-13-6-4-9-17-11-13/h13H,4-11H2,1-3H3. The zero-order valence-electron chi connectivity index (χ0n) is 11.5. The van der Waals surface area contributed by atoms with Crippen LogP contribution in [0.25, 0.3) is 0 Å². The summed E-state index contributed by atoms with van der Waals surface area (Å²) in [4.78, 5) is 2.38. The van der Waals surface area contributed by atoms with Crippen molar-refractivity contribution in [2.24, 2.45) is 11.3 Å². The monoisotopic (exact) mass is 238 g/mol. The molecule has 1 aliphatic heterocycles. The summed E-state index contributed by atoms with van der Waals surface area (Å²) < 4.78 is 5.49. The molecule has 3 heteroatoms. The number of nitrogens with zero attached hydrogens (tertiary/aromatic N) is 2. The first-order valence-corrected chi connectivity index (χ1v) is 6.71. The first kappa shape index (κ1) is 14.5. The van der Waals surface area contributed by atoms with E-state index >= 15 is 0 Å². The molecule has 1 unspecified atom stereocenters. The normalized spacial score (nSPS) is 21.5. The lowest BCUT2D eigenvalue weighted by molar-refractivity contribution is 0.0417. The predicted molar refractivity (Wildman–Crippen MR) is 69.7 cm³/mol. The number of hydrogen-bond donors (Lipinski definition) is 0. The van der Waals surface area contributed by atoms with Crippen molar-refractivity contribution in [3.8, 4) is 6.07 Å². The van der Waals surface area contributed by atoms with Crippen molar-refractivity contribution in [3.05, 3.63) is 0 Å². The molecule has 1 saturated heterocycles. The second-order valence-corrected chi connectivity index (χ2v) is 5.94. The molecule has 3 nitrogen and oxygen atoms in total. The van der Waals surface area contributed by atoms with E-state index in [1.807, 2.05) is 13.8 Å².